The van der Waals surface area contributed by atoms with Gasteiger partial charge in [0.05, 0.1) is 15.9 Å². The number of H-pyrrole nitrogens is 1. The highest BCUT2D eigenvalue weighted by molar-refractivity contribution is 6.38. The summed E-state index contributed by atoms with van der Waals surface area (Å²) in [6, 6.07) is 4.27. The van der Waals surface area contributed by atoms with Crippen LogP contribution in [0.2, 0.25) is 5.02 Å². The van der Waals surface area contributed by atoms with Gasteiger partial charge in [-0.3, -0.25) is 14.0 Å². The molecule has 2 aliphatic rings. The zero-order chi connectivity index (χ0) is 21.3. The van der Waals surface area contributed by atoms with E-state index < -0.39 is 0 Å². The molecule has 4 aromatic rings. The van der Waals surface area contributed by atoms with Crippen molar-refractivity contribution in [3.05, 3.63) is 39.9 Å². The number of aromatic nitrogens is 5. The summed E-state index contributed by atoms with van der Waals surface area (Å²) in [7, 11) is 1.81. The fraction of sp³-hybridized carbons (Fsp3) is 0.409. The minimum Gasteiger partial charge on any atom is -0.345 e. The van der Waals surface area contributed by atoms with Crippen LogP contribution < -0.4 is 15.8 Å². The zero-order valence-electron chi connectivity index (χ0n) is 17.5. The lowest BCUT2D eigenvalue weighted by molar-refractivity contribution is 0.433. The fourth-order valence-corrected chi connectivity index (χ4v) is 5.46. The number of nitrogens with zero attached hydrogens (tertiary/aromatic N) is 5. The molecule has 31 heavy (non-hydrogen) atoms. The second-order valence-electron chi connectivity index (χ2n) is 8.61. The molecule has 2 N–H and O–H groups in total. The summed E-state index contributed by atoms with van der Waals surface area (Å²) >= 11 is 6.78. The van der Waals surface area contributed by atoms with Crippen molar-refractivity contribution in [1.29, 1.82) is 0 Å². The van der Waals surface area contributed by atoms with Crippen LogP contribution in [0.5, 0.6) is 0 Å². The number of fused-ring (bicyclic) bond motifs is 4. The molecule has 3 aromatic heterocycles. The highest BCUT2D eigenvalue weighted by atomic mass is 35.5. The molecule has 0 spiro atoms. The Labute approximate surface area is 183 Å². The molecule has 0 radical (unpaired) electrons. The van der Waals surface area contributed by atoms with E-state index in [0.29, 0.717) is 28.0 Å². The molecule has 9 heteroatoms. The maximum Gasteiger partial charge on any atom is 0.264 e. The van der Waals surface area contributed by atoms with E-state index in [0.717, 1.165) is 60.6 Å². The van der Waals surface area contributed by atoms with Crippen molar-refractivity contribution in [2.75, 3.05) is 24.5 Å². The SMILES string of the molecule is CCn1cc2c(Cl)c(-c3c[nH]c4nc(N5CC6CNCC5C6)n(C)c(=O)c34)ccc2n1. The number of rotatable bonds is 3. The van der Waals surface area contributed by atoms with E-state index in [4.69, 9.17) is 16.6 Å². The van der Waals surface area contributed by atoms with Crippen LogP contribution in [0.1, 0.15) is 13.3 Å². The first-order valence-corrected chi connectivity index (χ1v) is 11.1. The maximum atomic E-state index is 13.5. The lowest BCUT2D eigenvalue weighted by atomic mass is 10.0. The summed E-state index contributed by atoms with van der Waals surface area (Å²) in [6.45, 7) is 5.71. The molecule has 2 fully saturated rings. The molecule has 160 valence electrons. The van der Waals surface area contributed by atoms with Crippen LogP contribution in [0.3, 0.4) is 0 Å². The number of hydrogen-bond donors (Lipinski definition) is 2. The number of piperidine rings is 1. The van der Waals surface area contributed by atoms with Gasteiger partial charge in [0.1, 0.15) is 5.65 Å². The molecule has 1 aromatic carbocycles. The predicted octanol–water partition coefficient (Wildman–Crippen LogP) is 2.75. The third-order valence-corrected chi connectivity index (χ3v) is 7.15. The maximum absolute atomic E-state index is 13.5. The molecular weight excluding hydrogens is 414 g/mol. The first-order chi connectivity index (χ1) is 15.0. The van der Waals surface area contributed by atoms with Gasteiger partial charge in [0.25, 0.3) is 5.56 Å². The van der Waals surface area contributed by atoms with Crippen molar-refractivity contribution >= 4 is 39.5 Å². The van der Waals surface area contributed by atoms with Crippen molar-refractivity contribution in [2.45, 2.75) is 25.9 Å². The monoisotopic (exact) mass is 437 g/mol. The van der Waals surface area contributed by atoms with Crippen LogP contribution in [-0.4, -0.2) is 50.0 Å². The molecule has 8 nitrogen and oxygen atoms in total. The molecule has 5 heterocycles. The minimum atomic E-state index is -0.0638. The van der Waals surface area contributed by atoms with Gasteiger partial charge in [0, 0.05) is 61.6 Å². The second kappa shape index (κ2) is 6.83. The van der Waals surface area contributed by atoms with Crippen molar-refractivity contribution in [1.82, 2.24) is 29.6 Å². The number of nitrogens with one attached hydrogen (secondary N) is 2. The Bertz CT molecular complexity index is 1380. The Morgan fingerprint density at radius 1 is 1.26 bits per heavy atom. The second-order valence-corrected chi connectivity index (χ2v) is 8.99. The number of anilines is 1. The van der Waals surface area contributed by atoms with E-state index >= 15 is 0 Å². The predicted molar refractivity (Wildman–Crippen MR) is 123 cm³/mol. The number of aryl methyl sites for hydroxylation is 1. The molecule has 2 saturated heterocycles. The molecule has 2 bridgehead atoms. The summed E-state index contributed by atoms with van der Waals surface area (Å²) in [5.74, 6) is 1.34. The quantitative estimate of drug-likeness (QED) is 0.515. The molecule has 0 aliphatic carbocycles. The Morgan fingerprint density at radius 3 is 2.94 bits per heavy atom. The number of hydrogen-bond acceptors (Lipinski definition) is 5. The summed E-state index contributed by atoms with van der Waals surface area (Å²) in [5.41, 5.74) is 2.96. The van der Waals surface area contributed by atoms with Gasteiger partial charge < -0.3 is 15.2 Å². The third-order valence-electron chi connectivity index (χ3n) is 6.75. The molecule has 2 unspecified atom stereocenters. The van der Waals surface area contributed by atoms with Gasteiger partial charge in [-0.1, -0.05) is 17.7 Å². The van der Waals surface area contributed by atoms with Crippen molar-refractivity contribution in [3.63, 3.8) is 0 Å². The van der Waals surface area contributed by atoms with Crippen LogP contribution in [0.25, 0.3) is 33.1 Å². The molecule has 2 aliphatic heterocycles. The van der Waals surface area contributed by atoms with E-state index in [1.54, 1.807) is 4.57 Å². The first-order valence-electron chi connectivity index (χ1n) is 10.8. The zero-order valence-corrected chi connectivity index (χ0v) is 18.3. The molecular formula is C22H24ClN7O. The number of halogens is 1. The third kappa shape index (κ3) is 2.74. The van der Waals surface area contributed by atoms with Crippen LogP contribution in [0, 0.1) is 5.92 Å². The Hall–Kier alpha value is -2.84. The average Bonchev–Trinajstić information content (AvgIpc) is 3.46. The van der Waals surface area contributed by atoms with E-state index in [-0.39, 0.29) is 5.56 Å². The van der Waals surface area contributed by atoms with Crippen LogP contribution in [0.15, 0.2) is 29.3 Å². The van der Waals surface area contributed by atoms with E-state index in [1.807, 2.05) is 43.2 Å². The topological polar surface area (TPSA) is 83.8 Å². The van der Waals surface area contributed by atoms with Gasteiger partial charge in [-0.2, -0.15) is 10.1 Å². The van der Waals surface area contributed by atoms with Crippen molar-refractivity contribution in [3.8, 4) is 11.1 Å². The van der Waals surface area contributed by atoms with Crippen molar-refractivity contribution < 1.29 is 0 Å². The van der Waals surface area contributed by atoms with E-state index in [1.165, 1.54) is 0 Å². The summed E-state index contributed by atoms with van der Waals surface area (Å²) in [4.78, 5) is 23.9. The summed E-state index contributed by atoms with van der Waals surface area (Å²) in [6.07, 6.45) is 4.94. The Morgan fingerprint density at radius 2 is 2.13 bits per heavy atom. The average molecular weight is 438 g/mol. The van der Waals surface area contributed by atoms with Gasteiger partial charge in [0.15, 0.2) is 0 Å². The molecule has 6 rings (SSSR count). The van der Waals surface area contributed by atoms with E-state index in [2.05, 4.69) is 20.3 Å². The van der Waals surface area contributed by atoms with Crippen LogP contribution >= 0.6 is 11.6 Å². The summed E-state index contributed by atoms with van der Waals surface area (Å²) in [5, 5.41) is 10.1. The van der Waals surface area contributed by atoms with Crippen LogP contribution in [-0.2, 0) is 13.6 Å². The van der Waals surface area contributed by atoms with Gasteiger partial charge >= 0.3 is 0 Å². The largest absolute Gasteiger partial charge is 0.345 e. The lowest BCUT2D eigenvalue weighted by Crippen LogP contribution is -2.41. The van der Waals surface area contributed by atoms with Crippen molar-refractivity contribution in [2.24, 2.45) is 13.0 Å². The molecule has 2 atom stereocenters. The normalized spacial score (nSPS) is 20.9. The van der Waals surface area contributed by atoms with Gasteiger partial charge in [-0.15, -0.1) is 0 Å². The number of aromatic amines is 1. The lowest BCUT2D eigenvalue weighted by Gasteiger charge is -2.27. The number of benzene rings is 1. The Kier molecular flexibility index (Phi) is 4.16. The fourth-order valence-electron chi connectivity index (χ4n) is 5.15. The highest BCUT2D eigenvalue weighted by Gasteiger charge is 2.37. The standard InChI is InChI=1S/C22H24ClN7O/c1-3-29-11-16-17(27-29)5-4-14(19(16)23)15-9-25-20-18(15)21(31)28(2)22(26-20)30-10-12-6-13(30)8-24-7-12/h4-5,9,11-13,24-25H,3,6-8,10H2,1-2H3. The smallest absolute Gasteiger partial charge is 0.264 e. The first kappa shape index (κ1) is 18.9. The minimum absolute atomic E-state index is 0.0638. The van der Waals surface area contributed by atoms with Gasteiger partial charge in [-0.05, 0) is 31.9 Å². The molecule has 0 amide bonds. The van der Waals surface area contributed by atoms with Gasteiger partial charge in [0.2, 0.25) is 5.95 Å². The van der Waals surface area contributed by atoms with E-state index in [9.17, 15) is 4.79 Å². The highest BCUT2D eigenvalue weighted by Crippen LogP contribution is 2.37. The van der Waals surface area contributed by atoms with Gasteiger partial charge in [-0.25, -0.2) is 0 Å². The Balaban J connectivity index is 1.51. The summed E-state index contributed by atoms with van der Waals surface area (Å²) < 4.78 is 3.55. The van der Waals surface area contributed by atoms with Crippen LogP contribution in [0.4, 0.5) is 5.95 Å². The molecule has 0 saturated carbocycles.